The highest BCUT2D eigenvalue weighted by Crippen LogP contribution is 2.26. The van der Waals surface area contributed by atoms with E-state index in [1.54, 1.807) is 36.5 Å². The molecule has 0 saturated heterocycles. The van der Waals surface area contributed by atoms with Gasteiger partial charge in [-0.3, -0.25) is 9.78 Å². The molecule has 2 heterocycles. The number of nitrogens with one attached hydrogen (secondary N) is 2. The van der Waals surface area contributed by atoms with Crippen molar-refractivity contribution >= 4 is 45.8 Å². The van der Waals surface area contributed by atoms with Gasteiger partial charge in [-0.2, -0.15) is 0 Å². The monoisotopic (exact) mass is 305 g/mol. The van der Waals surface area contributed by atoms with Crippen LogP contribution in [0.4, 0.5) is 5.69 Å². The minimum Gasteiger partial charge on any atom is -0.349 e. The Balaban J connectivity index is 1.89. The Morgan fingerprint density at radius 2 is 2.05 bits per heavy atom. The van der Waals surface area contributed by atoms with Gasteiger partial charge in [-0.15, -0.1) is 0 Å². The highest BCUT2D eigenvalue weighted by atomic mass is 35.5. The fraction of sp³-hybridized carbons (Fsp3) is 0. The number of nitrogens with zero attached hydrogens (tertiary/aromatic N) is 1. The number of H-pyrrole nitrogens is 1. The summed E-state index contributed by atoms with van der Waals surface area (Å²) in [6.45, 7) is 0. The number of aromatic nitrogens is 2. The zero-order chi connectivity index (χ0) is 14.1. The predicted molar refractivity (Wildman–Crippen MR) is 80.5 cm³/mol. The summed E-state index contributed by atoms with van der Waals surface area (Å²) in [4.78, 5) is 19.3. The van der Waals surface area contributed by atoms with Crippen molar-refractivity contribution in [1.29, 1.82) is 0 Å². The molecule has 0 fully saturated rings. The molecular weight excluding hydrogens is 297 g/mol. The van der Waals surface area contributed by atoms with Gasteiger partial charge in [0.15, 0.2) is 0 Å². The molecule has 0 aliphatic heterocycles. The van der Waals surface area contributed by atoms with E-state index in [1.165, 1.54) is 0 Å². The lowest BCUT2D eigenvalue weighted by molar-refractivity contribution is 0.102. The Kier molecular flexibility index (Phi) is 3.34. The van der Waals surface area contributed by atoms with Gasteiger partial charge in [0.1, 0.15) is 5.69 Å². The molecule has 100 valence electrons. The molecule has 0 radical (unpaired) electrons. The van der Waals surface area contributed by atoms with Crippen LogP contribution in [0.3, 0.4) is 0 Å². The summed E-state index contributed by atoms with van der Waals surface area (Å²) in [6, 6.07) is 10.2. The number of aromatic amines is 1. The second-order valence-electron chi connectivity index (χ2n) is 4.20. The van der Waals surface area contributed by atoms with E-state index in [0.29, 0.717) is 21.4 Å². The van der Waals surface area contributed by atoms with E-state index in [-0.39, 0.29) is 5.91 Å². The van der Waals surface area contributed by atoms with Crippen LogP contribution >= 0.6 is 23.2 Å². The number of benzene rings is 1. The summed E-state index contributed by atoms with van der Waals surface area (Å²) in [6.07, 6.45) is 1.67. The number of anilines is 1. The van der Waals surface area contributed by atoms with Gasteiger partial charge >= 0.3 is 0 Å². The number of pyridine rings is 1. The largest absolute Gasteiger partial charge is 0.349 e. The quantitative estimate of drug-likeness (QED) is 0.748. The van der Waals surface area contributed by atoms with Crippen LogP contribution in [0.1, 0.15) is 10.5 Å². The number of halogens is 2. The summed E-state index contributed by atoms with van der Waals surface area (Å²) >= 11 is 11.8. The van der Waals surface area contributed by atoms with Crippen LogP contribution in [0.15, 0.2) is 42.6 Å². The number of hydrogen-bond donors (Lipinski definition) is 2. The van der Waals surface area contributed by atoms with Crippen molar-refractivity contribution in [2.24, 2.45) is 0 Å². The predicted octanol–water partition coefficient (Wildman–Crippen LogP) is 4.12. The molecule has 0 bridgehead atoms. The third kappa shape index (κ3) is 2.48. The van der Waals surface area contributed by atoms with Gasteiger partial charge in [-0.25, -0.2) is 0 Å². The molecule has 0 unspecified atom stereocenters. The first-order valence-corrected chi connectivity index (χ1v) is 6.59. The van der Waals surface area contributed by atoms with E-state index in [1.807, 2.05) is 6.07 Å². The maximum Gasteiger partial charge on any atom is 0.272 e. The molecule has 0 aliphatic carbocycles. The molecule has 0 aliphatic rings. The summed E-state index contributed by atoms with van der Waals surface area (Å²) in [5, 5.41) is 3.63. The zero-order valence-electron chi connectivity index (χ0n) is 10.2. The van der Waals surface area contributed by atoms with Gasteiger partial charge in [-0.1, -0.05) is 23.2 Å². The van der Waals surface area contributed by atoms with Crippen molar-refractivity contribution in [2.45, 2.75) is 0 Å². The number of carbonyl (C=O) groups is 1. The van der Waals surface area contributed by atoms with E-state index in [2.05, 4.69) is 15.3 Å². The Morgan fingerprint density at radius 3 is 2.80 bits per heavy atom. The fourth-order valence-electron chi connectivity index (χ4n) is 1.86. The normalized spacial score (nSPS) is 10.7. The molecule has 0 saturated carbocycles. The van der Waals surface area contributed by atoms with Crippen LogP contribution < -0.4 is 5.32 Å². The Hall–Kier alpha value is -2.04. The van der Waals surface area contributed by atoms with E-state index in [9.17, 15) is 4.79 Å². The first-order valence-electron chi connectivity index (χ1n) is 5.83. The summed E-state index contributed by atoms with van der Waals surface area (Å²) in [5.74, 6) is -0.285. The van der Waals surface area contributed by atoms with Gasteiger partial charge in [0.2, 0.25) is 0 Å². The minimum absolute atomic E-state index is 0.285. The number of carbonyl (C=O) groups excluding carboxylic acids is 1. The lowest BCUT2D eigenvalue weighted by atomic mass is 10.3. The average molecular weight is 306 g/mol. The number of rotatable bonds is 2. The highest BCUT2D eigenvalue weighted by molar-refractivity contribution is 6.36. The Labute approximate surface area is 124 Å². The van der Waals surface area contributed by atoms with E-state index in [4.69, 9.17) is 23.2 Å². The molecule has 1 amide bonds. The van der Waals surface area contributed by atoms with E-state index < -0.39 is 0 Å². The van der Waals surface area contributed by atoms with Crippen LogP contribution in [0.2, 0.25) is 10.0 Å². The van der Waals surface area contributed by atoms with Crippen molar-refractivity contribution in [2.75, 3.05) is 5.32 Å². The summed E-state index contributed by atoms with van der Waals surface area (Å²) in [7, 11) is 0. The third-order valence-corrected chi connectivity index (χ3v) is 3.36. The Bertz CT molecular complexity index is 765. The molecular formula is C14H9Cl2N3O. The molecule has 1 aromatic carbocycles. The lowest BCUT2D eigenvalue weighted by Crippen LogP contribution is -2.12. The lowest BCUT2D eigenvalue weighted by Gasteiger charge is -2.06. The summed E-state index contributed by atoms with van der Waals surface area (Å²) < 4.78 is 0. The second kappa shape index (κ2) is 5.15. The first kappa shape index (κ1) is 13.0. The number of hydrogen-bond acceptors (Lipinski definition) is 2. The maximum atomic E-state index is 12.2. The zero-order valence-corrected chi connectivity index (χ0v) is 11.7. The molecule has 0 atom stereocenters. The third-order valence-electron chi connectivity index (χ3n) is 2.81. The molecule has 2 N–H and O–H groups in total. The molecule has 6 heteroatoms. The maximum absolute atomic E-state index is 12.2. The standard InChI is InChI=1S/C14H9Cl2N3O/c15-8-3-4-10(9(16)6-8)19-14(20)13-7-12-11(18-13)2-1-5-17-12/h1-7,18H,(H,19,20). The van der Waals surface area contributed by atoms with Gasteiger partial charge in [-0.05, 0) is 36.4 Å². The number of fused-ring (bicyclic) bond motifs is 1. The van der Waals surface area contributed by atoms with Crippen LogP contribution in [0.5, 0.6) is 0 Å². The molecule has 3 rings (SSSR count). The molecule has 0 spiro atoms. The van der Waals surface area contributed by atoms with Gasteiger partial charge in [0.25, 0.3) is 5.91 Å². The first-order chi connectivity index (χ1) is 9.63. The number of amides is 1. The molecule has 20 heavy (non-hydrogen) atoms. The van der Waals surface area contributed by atoms with Crippen molar-refractivity contribution < 1.29 is 4.79 Å². The minimum atomic E-state index is -0.285. The highest BCUT2D eigenvalue weighted by Gasteiger charge is 2.12. The average Bonchev–Trinajstić information content (AvgIpc) is 2.86. The molecule has 2 aromatic heterocycles. The van der Waals surface area contributed by atoms with Crippen molar-refractivity contribution in [3.63, 3.8) is 0 Å². The molecule has 3 aromatic rings. The van der Waals surface area contributed by atoms with Crippen LogP contribution in [0.25, 0.3) is 11.0 Å². The van der Waals surface area contributed by atoms with Crippen molar-refractivity contribution in [3.05, 3.63) is 58.3 Å². The van der Waals surface area contributed by atoms with Crippen molar-refractivity contribution in [3.8, 4) is 0 Å². The van der Waals surface area contributed by atoms with Gasteiger partial charge in [0, 0.05) is 11.2 Å². The van der Waals surface area contributed by atoms with Crippen LogP contribution in [-0.4, -0.2) is 15.9 Å². The van der Waals surface area contributed by atoms with Crippen LogP contribution in [0, 0.1) is 0 Å². The van der Waals surface area contributed by atoms with Crippen molar-refractivity contribution in [1.82, 2.24) is 9.97 Å². The second-order valence-corrected chi connectivity index (χ2v) is 5.04. The summed E-state index contributed by atoms with van der Waals surface area (Å²) in [5.41, 5.74) is 2.47. The SMILES string of the molecule is O=C(Nc1ccc(Cl)cc1Cl)c1cc2ncccc2[nH]1. The fourth-order valence-corrected chi connectivity index (χ4v) is 2.31. The topological polar surface area (TPSA) is 57.8 Å². The van der Waals surface area contributed by atoms with E-state index >= 15 is 0 Å². The Morgan fingerprint density at radius 1 is 1.20 bits per heavy atom. The van der Waals surface area contributed by atoms with E-state index in [0.717, 1.165) is 11.0 Å². The smallest absolute Gasteiger partial charge is 0.272 e. The van der Waals surface area contributed by atoms with Crippen LogP contribution in [-0.2, 0) is 0 Å². The van der Waals surface area contributed by atoms with Gasteiger partial charge < -0.3 is 10.3 Å². The van der Waals surface area contributed by atoms with Gasteiger partial charge in [0.05, 0.1) is 21.7 Å². The molecule has 4 nitrogen and oxygen atoms in total.